The fourth-order valence-electron chi connectivity index (χ4n) is 4.99. The molecule has 0 spiro atoms. The molecule has 0 aliphatic carbocycles. The first-order valence-electron chi connectivity index (χ1n) is 14.2. The van der Waals surface area contributed by atoms with Gasteiger partial charge >= 0.3 is 12.1 Å². The van der Waals surface area contributed by atoms with Gasteiger partial charge < -0.3 is 14.8 Å². The van der Waals surface area contributed by atoms with E-state index in [2.05, 4.69) is 10.3 Å². The van der Waals surface area contributed by atoms with E-state index < -0.39 is 79.0 Å². The number of aliphatic imine (C=N–C) groups is 1. The van der Waals surface area contributed by atoms with Crippen molar-refractivity contribution in [1.29, 1.82) is 0 Å². The lowest BCUT2D eigenvalue weighted by molar-refractivity contribution is -0.167. The van der Waals surface area contributed by atoms with Crippen LogP contribution in [0.3, 0.4) is 0 Å². The van der Waals surface area contributed by atoms with Gasteiger partial charge in [0.2, 0.25) is 11.8 Å². The van der Waals surface area contributed by atoms with Gasteiger partial charge in [-0.1, -0.05) is 42.5 Å². The molecule has 0 unspecified atom stereocenters. The Morgan fingerprint density at radius 3 is 2.14 bits per heavy atom. The van der Waals surface area contributed by atoms with E-state index in [0.717, 1.165) is 0 Å². The number of alkyl halides is 5. The zero-order chi connectivity index (χ0) is 32.9. The number of nitrogens with zero attached hydrogens (tertiary/aromatic N) is 1. The molecule has 2 aromatic carbocycles. The number of hydrogen-bond acceptors (Lipinski definition) is 6. The standard InChI is InChI=1S/C32H37F5N2O5/c1-30(2,3)44-29(42)22(14-16-31(4,33)34)21(15-17-32(35,36)37)28(41)39-27-24(40)18-23-20(12-9-13-25(23)43-5)26(38-27)19-10-7-6-8-11-19/h6-13,21-22,27H,14-18H2,1-5H3,(H,39,41)/t21-,22+,27-/m1/s1. The van der Waals surface area contributed by atoms with Crippen molar-refractivity contribution in [3.63, 3.8) is 0 Å². The molecule has 12 heteroatoms. The topological polar surface area (TPSA) is 94.1 Å². The largest absolute Gasteiger partial charge is 0.496 e. The number of nitrogens with one attached hydrogen (secondary N) is 1. The summed E-state index contributed by atoms with van der Waals surface area (Å²) < 4.78 is 78.7. The molecule has 0 bridgehead atoms. The van der Waals surface area contributed by atoms with E-state index in [-0.39, 0.29) is 6.42 Å². The SMILES string of the molecule is COc1cccc2c1CC(=O)[C@@H](NC(=O)[C@H](CCC(F)(F)F)[C@H](CCC(C)(F)F)C(=O)OC(C)(C)C)N=C2c1ccccc1. The van der Waals surface area contributed by atoms with Crippen LogP contribution in [0.4, 0.5) is 22.0 Å². The van der Waals surface area contributed by atoms with Crippen molar-refractivity contribution in [2.24, 2.45) is 16.8 Å². The predicted molar refractivity (Wildman–Crippen MR) is 154 cm³/mol. The number of methoxy groups -OCH3 is 1. The second-order valence-corrected chi connectivity index (χ2v) is 11.9. The minimum atomic E-state index is -4.71. The summed E-state index contributed by atoms with van der Waals surface area (Å²) in [7, 11) is 1.44. The molecule has 1 aliphatic heterocycles. The van der Waals surface area contributed by atoms with Crippen LogP contribution in [0.1, 0.15) is 70.1 Å². The number of esters is 1. The Morgan fingerprint density at radius 1 is 0.932 bits per heavy atom. The van der Waals surface area contributed by atoms with Crippen LogP contribution < -0.4 is 10.1 Å². The van der Waals surface area contributed by atoms with Gasteiger partial charge in [-0.2, -0.15) is 13.2 Å². The number of carbonyl (C=O) groups excluding carboxylic acids is 3. The number of amides is 1. The quantitative estimate of drug-likeness (QED) is 0.229. The summed E-state index contributed by atoms with van der Waals surface area (Å²) in [5.74, 6) is -9.00. The molecule has 1 amide bonds. The smallest absolute Gasteiger partial charge is 0.389 e. The summed E-state index contributed by atoms with van der Waals surface area (Å²) in [5, 5.41) is 2.43. The predicted octanol–water partition coefficient (Wildman–Crippen LogP) is 6.45. The van der Waals surface area contributed by atoms with Crippen LogP contribution in [0.15, 0.2) is 53.5 Å². The molecule has 2 aromatic rings. The van der Waals surface area contributed by atoms with Crippen LogP contribution in [-0.2, 0) is 25.5 Å². The fourth-order valence-corrected chi connectivity index (χ4v) is 4.99. The van der Waals surface area contributed by atoms with E-state index in [9.17, 15) is 36.3 Å². The number of rotatable bonds is 11. The fraction of sp³-hybridized carbons (Fsp3) is 0.500. The van der Waals surface area contributed by atoms with Crippen molar-refractivity contribution in [3.05, 3.63) is 65.2 Å². The highest BCUT2D eigenvalue weighted by atomic mass is 19.4. The number of fused-ring (bicyclic) bond motifs is 1. The number of Topliss-reactive ketones (excluding diaryl/α,β-unsaturated/α-hetero) is 1. The van der Waals surface area contributed by atoms with E-state index in [1.807, 2.05) is 0 Å². The van der Waals surface area contributed by atoms with Crippen molar-refractivity contribution in [1.82, 2.24) is 5.32 Å². The molecule has 0 aromatic heterocycles. The summed E-state index contributed by atoms with van der Waals surface area (Å²) in [6.07, 6.45) is -10.3. The Balaban J connectivity index is 2.06. The molecule has 44 heavy (non-hydrogen) atoms. The van der Waals surface area contributed by atoms with Crippen LogP contribution in [-0.4, -0.2) is 54.3 Å². The maximum atomic E-state index is 13.9. The normalized spacial score (nSPS) is 17.1. The number of ketones is 1. The van der Waals surface area contributed by atoms with Crippen LogP contribution in [0.5, 0.6) is 5.75 Å². The number of carbonyl (C=O) groups is 3. The number of benzene rings is 2. The van der Waals surface area contributed by atoms with E-state index in [4.69, 9.17) is 9.47 Å². The highest BCUT2D eigenvalue weighted by molar-refractivity contribution is 6.16. The molecular formula is C32H37F5N2O5. The molecule has 0 fully saturated rings. The highest BCUT2D eigenvalue weighted by Gasteiger charge is 2.42. The third-order valence-corrected chi connectivity index (χ3v) is 7.01. The second-order valence-electron chi connectivity index (χ2n) is 11.9. The van der Waals surface area contributed by atoms with Crippen molar-refractivity contribution in [3.8, 4) is 5.75 Å². The Labute approximate surface area is 253 Å². The summed E-state index contributed by atoms with van der Waals surface area (Å²) >= 11 is 0. The van der Waals surface area contributed by atoms with Gasteiger partial charge in [0, 0.05) is 36.0 Å². The van der Waals surface area contributed by atoms with Gasteiger partial charge in [-0.3, -0.25) is 19.4 Å². The van der Waals surface area contributed by atoms with Gasteiger partial charge in [-0.15, -0.1) is 0 Å². The molecule has 1 aliphatic rings. The molecule has 7 nitrogen and oxygen atoms in total. The summed E-state index contributed by atoms with van der Waals surface area (Å²) in [5.41, 5.74) is 0.889. The monoisotopic (exact) mass is 624 g/mol. The zero-order valence-corrected chi connectivity index (χ0v) is 25.3. The zero-order valence-electron chi connectivity index (χ0n) is 25.3. The van der Waals surface area contributed by atoms with Crippen LogP contribution in [0, 0.1) is 11.8 Å². The average molecular weight is 625 g/mol. The van der Waals surface area contributed by atoms with Gasteiger partial charge in [0.25, 0.3) is 0 Å². The van der Waals surface area contributed by atoms with E-state index in [1.54, 1.807) is 48.5 Å². The van der Waals surface area contributed by atoms with E-state index >= 15 is 0 Å². The van der Waals surface area contributed by atoms with E-state index in [0.29, 0.717) is 35.1 Å². The molecule has 1 heterocycles. The molecule has 240 valence electrons. The Kier molecular flexibility index (Phi) is 10.9. The Morgan fingerprint density at radius 2 is 1.57 bits per heavy atom. The molecule has 3 rings (SSSR count). The molecule has 3 atom stereocenters. The maximum Gasteiger partial charge on any atom is 0.389 e. The molecule has 0 saturated heterocycles. The van der Waals surface area contributed by atoms with E-state index in [1.165, 1.54) is 27.9 Å². The first-order valence-corrected chi connectivity index (χ1v) is 14.2. The van der Waals surface area contributed by atoms with Crippen LogP contribution in [0.25, 0.3) is 0 Å². The molecular weight excluding hydrogens is 587 g/mol. The van der Waals surface area contributed by atoms with Gasteiger partial charge in [0.15, 0.2) is 11.9 Å². The first kappa shape index (κ1) is 34.7. The Hall–Kier alpha value is -3.83. The molecule has 1 N–H and O–H groups in total. The van der Waals surface area contributed by atoms with Crippen molar-refractivity contribution in [2.75, 3.05) is 7.11 Å². The lowest BCUT2D eigenvalue weighted by Gasteiger charge is -2.30. The molecule has 0 radical (unpaired) electrons. The Bertz CT molecular complexity index is 1360. The van der Waals surface area contributed by atoms with Gasteiger partial charge in [0.1, 0.15) is 11.4 Å². The van der Waals surface area contributed by atoms with Gasteiger partial charge in [-0.25, -0.2) is 8.78 Å². The van der Waals surface area contributed by atoms with Gasteiger partial charge in [-0.05, 0) is 46.6 Å². The second kappa shape index (κ2) is 13.9. The van der Waals surface area contributed by atoms with Crippen molar-refractivity contribution in [2.45, 2.75) is 83.7 Å². The number of ether oxygens (including phenoxy) is 2. The third-order valence-electron chi connectivity index (χ3n) is 7.01. The third kappa shape index (κ3) is 9.85. The first-order chi connectivity index (χ1) is 20.4. The summed E-state index contributed by atoms with van der Waals surface area (Å²) in [6, 6.07) is 13.9. The van der Waals surface area contributed by atoms with Crippen LogP contribution in [0.2, 0.25) is 0 Å². The average Bonchev–Trinajstić information content (AvgIpc) is 3.04. The summed E-state index contributed by atoms with van der Waals surface area (Å²) in [4.78, 5) is 45.0. The highest BCUT2D eigenvalue weighted by Crippen LogP contribution is 2.34. The maximum absolute atomic E-state index is 13.9. The lowest BCUT2D eigenvalue weighted by Crippen LogP contribution is -2.47. The number of hydrogen-bond donors (Lipinski definition) is 1. The minimum absolute atomic E-state index is 0.227. The van der Waals surface area contributed by atoms with Gasteiger partial charge in [0.05, 0.1) is 24.7 Å². The molecule has 0 saturated carbocycles. The summed E-state index contributed by atoms with van der Waals surface area (Å²) in [6.45, 7) is 5.14. The minimum Gasteiger partial charge on any atom is -0.496 e. The van der Waals surface area contributed by atoms with Crippen molar-refractivity contribution >= 4 is 23.4 Å². The number of halogens is 5. The lowest BCUT2D eigenvalue weighted by atomic mass is 9.83. The van der Waals surface area contributed by atoms with Crippen LogP contribution >= 0.6 is 0 Å². The van der Waals surface area contributed by atoms with Crippen molar-refractivity contribution < 1.29 is 45.8 Å².